The maximum Gasteiger partial charge on any atom is 0.0113 e. The van der Waals surface area contributed by atoms with E-state index in [0.717, 1.165) is 6.42 Å². The molecule has 0 aliphatic heterocycles. The SMILES string of the molecule is CC#CCCCCC(NC)C(C)(C)C. The van der Waals surface area contributed by atoms with E-state index < -0.39 is 0 Å². The van der Waals surface area contributed by atoms with Crippen LogP contribution in [0.1, 0.15) is 53.4 Å². The topological polar surface area (TPSA) is 12.0 Å². The summed E-state index contributed by atoms with van der Waals surface area (Å²) in [4.78, 5) is 0. The molecule has 0 heterocycles. The summed E-state index contributed by atoms with van der Waals surface area (Å²) < 4.78 is 0. The molecular weight excluding hydrogens is 170 g/mol. The fraction of sp³-hybridized carbons (Fsp3) is 0.846. The van der Waals surface area contributed by atoms with Gasteiger partial charge in [0, 0.05) is 12.5 Å². The number of nitrogens with one attached hydrogen (secondary N) is 1. The first kappa shape index (κ1) is 13.5. The summed E-state index contributed by atoms with van der Waals surface area (Å²) in [6, 6.07) is 0.622. The van der Waals surface area contributed by atoms with Crippen LogP contribution in [0, 0.1) is 17.3 Å². The Bertz CT molecular complexity index is 190. The van der Waals surface area contributed by atoms with Crippen LogP contribution >= 0.6 is 0 Å². The maximum absolute atomic E-state index is 3.40. The summed E-state index contributed by atoms with van der Waals surface area (Å²) in [5.41, 5.74) is 0.366. The van der Waals surface area contributed by atoms with Crippen molar-refractivity contribution in [1.82, 2.24) is 5.32 Å². The fourth-order valence-electron chi connectivity index (χ4n) is 1.70. The van der Waals surface area contributed by atoms with E-state index in [0.29, 0.717) is 11.5 Å². The van der Waals surface area contributed by atoms with Crippen molar-refractivity contribution in [1.29, 1.82) is 0 Å². The summed E-state index contributed by atoms with van der Waals surface area (Å²) in [5, 5.41) is 3.40. The molecule has 0 saturated heterocycles. The van der Waals surface area contributed by atoms with Gasteiger partial charge in [-0.1, -0.05) is 27.2 Å². The van der Waals surface area contributed by atoms with E-state index in [2.05, 4.69) is 45.0 Å². The molecule has 1 nitrogen and oxygen atoms in total. The third kappa shape index (κ3) is 6.05. The largest absolute Gasteiger partial charge is 0.316 e. The van der Waals surface area contributed by atoms with Crippen molar-refractivity contribution >= 4 is 0 Å². The van der Waals surface area contributed by atoms with E-state index in [4.69, 9.17) is 0 Å². The lowest BCUT2D eigenvalue weighted by Gasteiger charge is -2.30. The summed E-state index contributed by atoms with van der Waals surface area (Å²) in [7, 11) is 2.06. The van der Waals surface area contributed by atoms with Crippen molar-refractivity contribution in [3.05, 3.63) is 0 Å². The lowest BCUT2D eigenvalue weighted by Crippen LogP contribution is -2.37. The van der Waals surface area contributed by atoms with Crippen LogP contribution in [0.3, 0.4) is 0 Å². The second kappa shape index (κ2) is 6.90. The quantitative estimate of drug-likeness (QED) is 0.525. The highest BCUT2D eigenvalue weighted by molar-refractivity contribution is 4.94. The molecule has 0 bridgehead atoms. The van der Waals surface area contributed by atoms with Crippen molar-refractivity contribution < 1.29 is 0 Å². The van der Waals surface area contributed by atoms with Gasteiger partial charge in [0.25, 0.3) is 0 Å². The van der Waals surface area contributed by atoms with Gasteiger partial charge in [-0.25, -0.2) is 0 Å². The molecule has 0 fully saturated rings. The monoisotopic (exact) mass is 195 g/mol. The molecule has 1 N–H and O–H groups in total. The van der Waals surface area contributed by atoms with Crippen molar-refractivity contribution in [2.45, 2.75) is 59.4 Å². The highest BCUT2D eigenvalue weighted by Crippen LogP contribution is 2.23. The van der Waals surface area contributed by atoms with Crippen LogP contribution in [-0.4, -0.2) is 13.1 Å². The first-order valence-corrected chi connectivity index (χ1v) is 5.59. The van der Waals surface area contributed by atoms with Crippen LogP contribution in [0.4, 0.5) is 0 Å². The Hall–Kier alpha value is -0.480. The van der Waals surface area contributed by atoms with Crippen LogP contribution in [0.2, 0.25) is 0 Å². The van der Waals surface area contributed by atoms with E-state index in [1.165, 1.54) is 19.3 Å². The molecule has 0 amide bonds. The lowest BCUT2D eigenvalue weighted by molar-refractivity contribution is 0.262. The van der Waals surface area contributed by atoms with Gasteiger partial charge in [-0.15, -0.1) is 11.8 Å². The van der Waals surface area contributed by atoms with Gasteiger partial charge in [-0.3, -0.25) is 0 Å². The second-order valence-corrected chi connectivity index (χ2v) is 4.88. The molecule has 0 aliphatic rings. The Morgan fingerprint density at radius 3 is 2.29 bits per heavy atom. The molecule has 14 heavy (non-hydrogen) atoms. The highest BCUT2D eigenvalue weighted by atomic mass is 14.9. The number of rotatable bonds is 5. The molecule has 0 rings (SSSR count). The van der Waals surface area contributed by atoms with E-state index in [1.807, 2.05) is 6.92 Å². The average molecular weight is 195 g/mol. The standard InChI is InChI=1S/C13H25N/c1-6-7-8-9-10-11-12(14-5)13(2,3)4/h12,14H,8-11H2,1-5H3. The Balaban J connectivity index is 3.67. The van der Waals surface area contributed by atoms with Gasteiger partial charge >= 0.3 is 0 Å². The van der Waals surface area contributed by atoms with Crippen LogP contribution < -0.4 is 5.32 Å². The van der Waals surface area contributed by atoms with Crippen LogP contribution in [0.5, 0.6) is 0 Å². The minimum Gasteiger partial charge on any atom is -0.316 e. The molecule has 0 spiro atoms. The van der Waals surface area contributed by atoms with Gasteiger partial charge in [-0.05, 0) is 32.2 Å². The normalized spacial score (nSPS) is 13.2. The van der Waals surface area contributed by atoms with Gasteiger partial charge < -0.3 is 5.32 Å². The van der Waals surface area contributed by atoms with E-state index in [9.17, 15) is 0 Å². The number of unbranched alkanes of at least 4 members (excludes halogenated alkanes) is 2. The van der Waals surface area contributed by atoms with Gasteiger partial charge in [0.1, 0.15) is 0 Å². The fourth-order valence-corrected chi connectivity index (χ4v) is 1.70. The van der Waals surface area contributed by atoms with E-state index in [1.54, 1.807) is 0 Å². The maximum atomic E-state index is 3.40. The first-order valence-electron chi connectivity index (χ1n) is 5.59. The summed E-state index contributed by atoms with van der Waals surface area (Å²) in [6.07, 6.45) is 4.81. The third-order valence-corrected chi connectivity index (χ3v) is 2.62. The Labute approximate surface area is 89.7 Å². The molecule has 0 aromatic carbocycles. The number of hydrogen-bond acceptors (Lipinski definition) is 1. The van der Waals surface area contributed by atoms with E-state index in [-0.39, 0.29) is 0 Å². The zero-order valence-corrected chi connectivity index (χ0v) is 10.4. The Kier molecular flexibility index (Phi) is 6.66. The highest BCUT2D eigenvalue weighted by Gasteiger charge is 2.21. The van der Waals surface area contributed by atoms with E-state index >= 15 is 0 Å². The summed E-state index contributed by atoms with van der Waals surface area (Å²) in [5.74, 6) is 6.04. The predicted octanol–water partition coefficient (Wildman–Crippen LogP) is 3.20. The molecule has 82 valence electrons. The van der Waals surface area contributed by atoms with Gasteiger partial charge in [0.2, 0.25) is 0 Å². The second-order valence-electron chi connectivity index (χ2n) is 4.88. The zero-order chi connectivity index (χ0) is 11.0. The molecule has 0 saturated carbocycles. The van der Waals surface area contributed by atoms with Crippen molar-refractivity contribution in [3.63, 3.8) is 0 Å². The lowest BCUT2D eigenvalue weighted by atomic mass is 9.84. The van der Waals surface area contributed by atoms with Crippen molar-refractivity contribution in [3.8, 4) is 11.8 Å². The molecular formula is C13H25N. The molecule has 0 radical (unpaired) electrons. The minimum absolute atomic E-state index is 0.366. The molecule has 0 aromatic rings. The Morgan fingerprint density at radius 1 is 1.21 bits per heavy atom. The molecule has 1 atom stereocenters. The minimum atomic E-state index is 0.366. The molecule has 0 aromatic heterocycles. The molecule has 0 aliphatic carbocycles. The predicted molar refractivity (Wildman–Crippen MR) is 64.2 cm³/mol. The molecule has 1 heteroatoms. The Morgan fingerprint density at radius 2 is 1.86 bits per heavy atom. The summed E-state index contributed by atoms with van der Waals surface area (Å²) >= 11 is 0. The van der Waals surface area contributed by atoms with Crippen molar-refractivity contribution in [2.24, 2.45) is 5.41 Å². The summed E-state index contributed by atoms with van der Waals surface area (Å²) in [6.45, 7) is 8.78. The van der Waals surface area contributed by atoms with Crippen molar-refractivity contribution in [2.75, 3.05) is 7.05 Å². The third-order valence-electron chi connectivity index (χ3n) is 2.62. The van der Waals surface area contributed by atoms with Gasteiger partial charge in [0.15, 0.2) is 0 Å². The number of hydrogen-bond donors (Lipinski definition) is 1. The zero-order valence-electron chi connectivity index (χ0n) is 10.4. The first-order chi connectivity index (χ1) is 6.52. The van der Waals surface area contributed by atoms with Crippen LogP contribution in [-0.2, 0) is 0 Å². The molecule has 1 unspecified atom stereocenters. The van der Waals surface area contributed by atoms with Crippen LogP contribution in [0.15, 0.2) is 0 Å². The van der Waals surface area contributed by atoms with Gasteiger partial charge in [-0.2, -0.15) is 0 Å². The van der Waals surface area contributed by atoms with Gasteiger partial charge in [0.05, 0.1) is 0 Å². The average Bonchev–Trinajstić information content (AvgIpc) is 2.09. The smallest absolute Gasteiger partial charge is 0.0113 e. The van der Waals surface area contributed by atoms with Crippen LogP contribution in [0.25, 0.3) is 0 Å².